The van der Waals surface area contributed by atoms with Gasteiger partial charge in [0.05, 0.1) is 6.42 Å². The van der Waals surface area contributed by atoms with E-state index >= 15 is 0 Å². The average molecular weight is 384 g/mol. The fraction of sp³-hybridized carbons (Fsp3) is 0.444. The monoisotopic (exact) mass is 384 g/mol. The highest BCUT2D eigenvalue weighted by atomic mass is 32.1. The minimum atomic E-state index is -4.99. The topological polar surface area (TPSA) is 62.2 Å². The first kappa shape index (κ1) is 18.8. The van der Waals surface area contributed by atoms with E-state index in [2.05, 4.69) is 10.3 Å². The van der Waals surface area contributed by atoms with Crippen LogP contribution in [0.1, 0.15) is 35.5 Å². The molecule has 8 heteroatoms. The van der Waals surface area contributed by atoms with Crippen LogP contribution in [0.4, 0.5) is 13.2 Å². The molecule has 1 aliphatic rings. The number of amides is 1. The summed E-state index contributed by atoms with van der Waals surface area (Å²) in [6, 6.07) is 9.57. The second-order valence-corrected chi connectivity index (χ2v) is 7.61. The molecular formula is C18H19F3N2O2S. The molecule has 1 aromatic heterocycles. The van der Waals surface area contributed by atoms with Crippen molar-refractivity contribution < 1.29 is 23.1 Å². The van der Waals surface area contributed by atoms with Gasteiger partial charge < -0.3 is 10.4 Å². The molecule has 4 nitrogen and oxygen atoms in total. The number of thiazole rings is 1. The molecule has 0 saturated heterocycles. The van der Waals surface area contributed by atoms with Crippen molar-refractivity contribution in [1.29, 1.82) is 0 Å². The van der Waals surface area contributed by atoms with Gasteiger partial charge in [-0.1, -0.05) is 30.3 Å². The predicted octanol–water partition coefficient (Wildman–Crippen LogP) is 3.44. The van der Waals surface area contributed by atoms with Crippen LogP contribution in [0.25, 0.3) is 0 Å². The summed E-state index contributed by atoms with van der Waals surface area (Å²) in [6.07, 6.45) is -4.36. The van der Waals surface area contributed by atoms with Crippen LogP contribution in [0.5, 0.6) is 0 Å². The molecule has 1 fully saturated rings. The quantitative estimate of drug-likeness (QED) is 0.802. The smallest absolute Gasteiger partial charge is 0.374 e. The van der Waals surface area contributed by atoms with Crippen LogP contribution < -0.4 is 5.32 Å². The van der Waals surface area contributed by atoms with Gasteiger partial charge >= 0.3 is 6.18 Å². The molecule has 0 bridgehead atoms. The van der Waals surface area contributed by atoms with Crippen LogP contribution in [0, 0.1) is 6.92 Å². The zero-order chi connectivity index (χ0) is 19.0. The van der Waals surface area contributed by atoms with Gasteiger partial charge in [-0.3, -0.25) is 4.79 Å². The Hall–Kier alpha value is -1.93. The van der Waals surface area contributed by atoms with Crippen molar-refractivity contribution in [3.8, 4) is 0 Å². The van der Waals surface area contributed by atoms with E-state index in [1.807, 2.05) is 30.3 Å². The highest BCUT2D eigenvalue weighted by molar-refractivity contribution is 7.09. The molecule has 2 N–H and O–H groups in total. The van der Waals surface area contributed by atoms with Crippen LogP contribution in [0.3, 0.4) is 0 Å². The van der Waals surface area contributed by atoms with E-state index in [-0.39, 0.29) is 12.0 Å². The van der Waals surface area contributed by atoms with E-state index in [1.165, 1.54) is 12.3 Å². The zero-order valence-corrected chi connectivity index (χ0v) is 15.0. The van der Waals surface area contributed by atoms with Gasteiger partial charge in [0.2, 0.25) is 11.5 Å². The molecular weight excluding hydrogens is 365 g/mol. The third kappa shape index (κ3) is 3.61. The van der Waals surface area contributed by atoms with E-state index in [9.17, 15) is 23.1 Å². The Bertz CT molecular complexity index is 787. The summed E-state index contributed by atoms with van der Waals surface area (Å²) in [5.41, 5.74) is -2.07. The Morgan fingerprint density at radius 2 is 1.96 bits per heavy atom. The van der Waals surface area contributed by atoms with Crippen LogP contribution in [-0.2, 0) is 15.8 Å². The summed E-state index contributed by atoms with van der Waals surface area (Å²) in [6.45, 7) is 1.79. The van der Waals surface area contributed by atoms with Crippen molar-refractivity contribution >= 4 is 17.2 Å². The number of aryl methyl sites for hydroxylation is 1. The fourth-order valence-corrected chi connectivity index (χ4v) is 3.83. The number of carbonyl (C=O) groups is 1. The lowest BCUT2D eigenvalue weighted by molar-refractivity contribution is -0.267. The second-order valence-electron chi connectivity index (χ2n) is 6.75. The van der Waals surface area contributed by atoms with Crippen LogP contribution in [0.15, 0.2) is 35.7 Å². The maximum atomic E-state index is 13.4. The molecule has 1 aliphatic carbocycles. The molecule has 1 amide bonds. The van der Waals surface area contributed by atoms with Crippen LogP contribution in [0.2, 0.25) is 0 Å². The summed E-state index contributed by atoms with van der Waals surface area (Å²) >= 11 is 0.697. The Kier molecular flexibility index (Phi) is 4.83. The number of hydrogen-bond acceptors (Lipinski definition) is 4. The van der Waals surface area contributed by atoms with E-state index in [1.54, 1.807) is 0 Å². The third-order valence-corrected chi connectivity index (χ3v) is 5.83. The number of aliphatic hydroxyl groups is 1. The molecule has 0 aliphatic heterocycles. The molecule has 0 radical (unpaired) electrons. The van der Waals surface area contributed by atoms with Crippen molar-refractivity contribution in [2.45, 2.75) is 43.4 Å². The van der Waals surface area contributed by atoms with E-state index < -0.39 is 29.1 Å². The predicted molar refractivity (Wildman–Crippen MR) is 91.8 cm³/mol. The number of carbonyl (C=O) groups excluding carboxylic acids is 1. The largest absolute Gasteiger partial charge is 0.424 e. The summed E-state index contributed by atoms with van der Waals surface area (Å²) in [4.78, 5) is 15.9. The number of alkyl halides is 3. The van der Waals surface area contributed by atoms with Gasteiger partial charge in [-0.15, -0.1) is 11.3 Å². The lowest BCUT2D eigenvalue weighted by atomic mass is 9.95. The minimum absolute atomic E-state index is 0.217. The summed E-state index contributed by atoms with van der Waals surface area (Å²) < 4.78 is 40.3. The number of nitrogens with one attached hydrogen (secondary N) is 1. The van der Waals surface area contributed by atoms with Gasteiger partial charge in [0.1, 0.15) is 5.01 Å². The lowest BCUT2D eigenvalue weighted by Gasteiger charge is -2.28. The lowest BCUT2D eigenvalue weighted by Crippen LogP contribution is -2.47. The first-order valence-electron chi connectivity index (χ1n) is 8.20. The van der Waals surface area contributed by atoms with Gasteiger partial charge in [-0.05, 0) is 25.3 Å². The minimum Gasteiger partial charge on any atom is -0.374 e. The fourth-order valence-electron chi connectivity index (χ4n) is 2.91. The molecule has 0 unspecified atom stereocenters. The van der Waals surface area contributed by atoms with E-state index in [0.717, 1.165) is 18.4 Å². The first-order chi connectivity index (χ1) is 12.2. The number of rotatable bonds is 6. The molecule has 2 aromatic rings. The van der Waals surface area contributed by atoms with Crippen molar-refractivity contribution in [3.63, 3.8) is 0 Å². The number of benzene rings is 1. The number of hydrogen-bond donors (Lipinski definition) is 2. The molecule has 1 atom stereocenters. The average Bonchev–Trinajstić information content (AvgIpc) is 3.26. The normalized spacial score (nSPS) is 18.2. The number of nitrogens with zero attached hydrogens (tertiary/aromatic N) is 1. The molecule has 1 saturated carbocycles. The Labute approximate surface area is 153 Å². The molecule has 0 spiro atoms. The zero-order valence-electron chi connectivity index (χ0n) is 14.1. The van der Waals surface area contributed by atoms with Crippen LogP contribution >= 0.6 is 11.3 Å². The molecule has 1 aromatic carbocycles. The Morgan fingerprint density at radius 3 is 2.46 bits per heavy atom. The van der Waals surface area contributed by atoms with Crippen molar-refractivity contribution in [3.05, 3.63) is 52.0 Å². The maximum absolute atomic E-state index is 13.4. The second kappa shape index (κ2) is 6.66. The summed E-state index contributed by atoms with van der Waals surface area (Å²) in [5, 5.41) is 13.7. The van der Waals surface area contributed by atoms with Gasteiger partial charge in [0.15, 0.2) is 0 Å². The summed E-state index contributed by atoms with van der Waals surface area (Å²) in [7, 11) is 0. The molecule has 140 valence electrons. The van der Waals surface area contributed by atoms with Gasteiger partial charge in [0.25, 0.3) is 0 Å². The number of halogens is 3. The molecule has 3 rings (SSSR count). The van der Waals surface area contributed by atoms with E-state index in [4.69, 9.17) is 0 Å². The third-order valence-electron chi connectivity index (χ3n) is 4.72. The standard InChI is InChI=1S/C18H19F3N2O2S/c1-12-10-26-15(23-12)17(25,18(19,20)21)9-14(24)22-11-16(7-8-16)13-5-3-2-4-6-13/h2-6,10,25H,7-9,11H2,1H3,(H,22,24)/t17-/m0/s1. The first-order valence-corrected chi connectivity index (χ1v) is 9.08. The van der Waals surface area contributed by atoms with Gasteiger partial charge in [-0.2, -0.15) is 13.2 Å². The van der Waals surface area contributed by atoms with Crippen molar-refractivity contribution in [2.75, 3.05) is 6.54 Å². The summed E-state index contributed by atoms with van der Waals surface area (Å²) in [5.74, 6) is -0.847. The van der Waals surface area contributed by atoms with Crippen molar-refractivity contribution in [2.24, 2.45) is 0 Å². The number of aromatic nitrogens is 1. The van der Waals surface area contributed by atoms with Crippen molar-refractivity contribution in [1.82, 2.24) is 10.3 Å². The van der Waals surface area contributed by atoms with Gasteiger partial charge in [0, 0.05) is 23.0 Å². The molecule has 26 heavy (non-hydrogen) atoms. The van der Waals surface area contributed by atoms with Gasteiger partial charge in [-0.25, -0.2) is 4.98 Å². The Morgan fingerprint density at radius 1 is 1.31 bits per heavy atom. The molecule has 1 heterocycles. The maximum Gasteiger partial charge on any atom is 0.424 e. The highest BCUT2D eigenvalue weighted by Crippen LogP contribution is 2.48. The SMILES string of the molecule is Cc1csc([C@@](O)(CC(=O)NCC2(c3ccccc3)CC2)C(F)(F)F)n1. The highest BCUT2D eigenvalue weighted by Gasteiger charge is 2.58. The van der Waals surface area contributed by atoms with Crippen LogP contribution in [-0.4, -0.2) is 28.7 Å². The van der Waals surface area contributed by atoms with E-state index in [0.29, 0.717) is 17.0 Å². The Balaban J connectivity index is 1.70.